The van der Waals surface area contributed by atoms with Gasteiger partial charge in [-0.2, -0.15) is 5.26 Å². The monoisotopic (exact) mass is 308 g/mol. The van der Waals surface area contributed by atoms with Gasteiger partial charge in [0, 0.05) is 52.0 Å². The Morgan fingerprint density at radius 3 is 2.26 bits per heavy atom. The smallest absolute Gasteiger partial charge is 0.134 e. The predicted octanol–water partition coefficient (Wildman–Crippen LogP) is 1.74. The second-order valence-electron chi connectivity index (χ2n) is 5.76. The number of nitrogens with zero attached hydrogens (tertiary/aromatic N) is 6. The third kappa shape index (κ3) is 3.34. The summed E-state index contributed by atoms with van der Waals surface area (Å²) in [5.74, 6) is 1.90. The Hall–Kier alpha value is -2.81. The van der Waals surface area contributed by atoms with Crippen LogP contribution in [0.5, 0.6) is 0 Å². The first-order chi connectivity index (χ1) is 11.2. The summed E-state index contributed by atoms with van der Waals surface area (Å²) >= 11 is 0. The number of hydrogen-bond acceptors (Lipinski definition) is 6. The van der Waals surface area contributed by atoms with E-state index in [0.29, 0.717) is 5.56 Å². The van der Waals surface area contributed by atoms with Crippen molar-refractivity contribution in [3.05, 3.63) is 42.2 Å². The van der Waals surface area contributed by atoms with Gasteiger partial charge in [0.15, 0.2) is 0 Å². The molecule has 1 aliphatic rings. The standard InChI is InChI=1S/C17H20N6/c1-21(2)16-11-17(20-13-19-16)23-9-7-22(8-10-23)15-5-3-14(12-18)4-6-15/h3-6,11,13H,7-10H2,1-2H3. The first kappa shape index (κ1) is 15.1. The third-order valence-corrected chi connectivity index (χ3v) is 4.06. The molecule has 0 radical (unpaired) electrons. The van der Waals surface area contributed by atoms with Crippen molar-refractivity contribution in [3.63, 3.8) is 0 Å². The molecule has 2 aromatic rings. The van der Waals surface area contributed by atoms with Crippen LogP contribution in [0.4, 0.5) is 17.3 Å². The van der Waals surface area contributed by atoms with E-state index in [-0.39, 0.29) is 0 Å². The third-order valence-electron chi connectivity index (χ3n) is 4.06. The summed E-state index contributed by atoms with van der Waals surface area (Å²) in [7, 11) is 3.96. The van der Waals surface area contributed by atoms with Crippen molar-refractivity contribution in [2.24, 2.45) is 0 Å². The molecule has 0 saturated carbocycles. The fourth-order valence-electron chi connectivity index (χ4n) is 2.70. The summed E-state index contributed by atoms with van der Waals surface area (Å²) in [6.45, 7) is 3.72. The van der Waals surface area contributed by atoms with E-state index in [2.05, 4.69) is 25.8 Å². The van der Waals surface area contributed by atoms with Crippen molar-refractivity contribution >= 4 is 17.3 Å². The molecular formula is C17H20N6. The zero-order valence-electron chi connectivity index (χ0n) is 13.5. The predicted molar refractivity (Wildman–Crippen MR) is 91.9 cm³/mol. The highest BCUT2D eigenvalue weighted by molar-refractivity contribution is 5.53. The Labute approximate surface area is 136 Å². The molecule has 0 bridgehead atoms. The molecule has 1 aromatic carbocycles. The molecule has 6 nitrogen and oxygen atoms in total. The van der Waals surface area contributed by atoms with E-state index in [1.165, 1.54) is 5.69 Å². The van der Waals surface area contributed by atoms with Gasteiger partial charge in [-0.25, -0.2) is 9.97 Å². The van der Waals surface area contributed by atoms with Crippen LogP contribution in [0.15, 0.2) is 36.7 Å². The lowest BCUT2D eigenvalue weighted by Gasteiger charge is -2.36. The van der Waals surface area contributed by atoms with Gasteiger partial charge in [0.25, 0.3) is 0 Å². The van der Waals surface area contributed by atoms with Gasteiger partial charge < -0.3 is 14.7 Å². The van der Waals surface area contributed by atoms with Crippen LogP contribution in [0.1, 0.15) is 5.56 Å². The molecule has 0 unspecified atom stereocenters. The molecule has 2 heterocycles. The maximum absolute atomic E-state index is 8.88. The quantitative estimate of drug-likeness (QED) is 0.861. The summed E-state index contributed by atoms with van der Waals surface area (Å²) in [4.78, 5) is 15.3. The van der Waals surface area contributed by atoms with Crippen LogP contribution in [0.3, 0.4) is 0 Å². The highest BCUT2D eigenvalue weighted by atomic mass is 15.3. The molecule has 0 spiro atoms. The zero-order chi connectivity index (χ0) is 16.2. The molecule has 1 aromatic heterocycles. The van der Waals surface area contributed by atoms with E-state index < -0.39 is 0 Å². The van der Waals surface area contributed by atoms with Gasteiger partial charge in [-0.05, 0) is 24.3 Å². The van der Waals surface area contributed by atoms with Crippen LogP contribution in [0.25, 0.3) is 0 Å². The molecule has 6 heteroatoms. The minimum atomic E-state index is 0.699. The number of piperazine rings is 1. The first-order valence-electron chi connectivity index (χ1n) is 7.67. The first-order valence-corrected chi connectivity index (χ1v) is 7.67. The number of rotatable bonds is 3. The van der Waals surface area contributed by atoms with Gasteiger partial charge in [-0.3, -0.25) is 0 Å². The second kappa shape index (κ2) is 6.53. The molecule has 3 rings (SSSR count). The molecule has 0 aliphatic carbocycles. The van der Waals surface area contributed by atoms with Gasteiger partial charge in [0.05, 0.1) is 11.6 Å². The molecule has 1 fully saturated rings. The number of anilines is 3. The van der Waals surface area contributed by atoms with Crippen molar-refractivity contribution in [1.82, 2.24) is 9.97 Å². The molecule has 0 N–H and O–H groups in total. The van der Waals surface area contributed by atoms with E-state index in [1.807, 2.05) is 49.3 Å². The van der Waals surface area contributed by atoms with Gasteiger partial charge in [0.2, 0.25) is 0 Å². The molecular weight excluding hydrogens is 288 g/mol. The van der Waals surface area contributed by atoms with Crippen LogP contribution in [0, 0.1) is 11.3 Å². The lowest BCUT2D eigenvalue weighted by Crippen LogP contribution is -2.46. The summed E-state index contributed by atoms with van der Waals surface area (Å²) in [6.07, 6.45) is 1.62. The number of hydrogen-bond donors (Lipinski definition) is 0. The van der Waals surface area contributed by atoms with Crippen molar-refractivity contribution < 1.29 is 0 Å². The van der Waals surface area contributed by atoms with E-state index in [4.69, 9.17) is 5.26 Å². The van der Waals surface area contributed by atoms with Crippen LogP contribution in [-0.2, 0) is 0 Å². The minimum absolute atomic E-state index is 0.699. The molecule has 0 amide bonds. The maximum atomic E-state index is 8.88. The minimum Gasteiger partial charge on any atom is -0.368 e. The Morgan fingerprint density at radius 1 is 1.00 bits per heavy atom. The molecule has 1 aliphatic heterocycles. The molecule has 118 valence electrons. The molecule has 0 atom stereocenters. The SMILES string of the molecule is CN(C)c1cc(N2CCN(c3ccc(C#N)cc3)CC2)ncn1. The van der Waals surface area contributed by atoms with Gasteiger partial charge in [0.1, 0.15) is 18.0 Å². The van der Waals surface area contributed by atoms with Crippen molar-refractivity contribution in [1.29, 1.82) is 5.26 Å². The fraction of sp³-hybridized carbons (Fsp3) is 0.353. The maximum Gasteiger partial charge on any atom is 0.134 e. The van der Waals surface area contributed by atoms with E-state index in [0.717, 1.165) is 37.8 Å². The molecule has 1 saturated heterocycles. The zero-order valence-corrected chi connectivity index (χ0v) is 13.5. The number of nitriles is 1. The average Bonchev–Trinajstić information content (AvgIpc) is 2.62. The van der Waals surface area contributed by atoms with Crippen LogP contribution >= 0.6 is 0 Å². The topological polar surface area (TPSA) is 59.3 Å². The highest BCUT2D eigenvalue weighted by Crippen LogP contribution is 2.21. The van der Waals surface area contributed by atoms with Crippen LogP contribution in [-0.4, -0.2) is 50.2 Å². The molecule has 23 heavy (non-hydrogen) atoms. The Bertz CT molecular complexity index is 696. The second-order valence-corrected chi connectivity index (χ2v) is 5.76. The summed E-state index contributed by atoms with van der Waals surface area (Å²) < 4.78 is 0. The fourth-order valence-corrected chi connectivity index (χ4v) is 2.70. The van der Waals surface area contributed by atoms with E-state index in [9.17, 15) is 0 Å². The summed E-state index contributed by atoms with van der Waals surface area (Å²) in [6, 6.07) is 12.0. The summed E-state index contributed by atoms with van der Waals surface area (Å²) in [5.41, 5.74) is 1.87. The van der Waals surface area contributed by atoms with Crippen LogP contribution in [0.2, 0.25) is 0 Å². The van der Waals surface area contributed by atoms with Crippen molar-refractivity contribution in [3.8, 4) is 6.07 Å². The summed E-state index contributed by atoms with van der Waals surface area (Å²) in [5, 5.41) is 8.88. The number of benzene rings is 1. The lowest BCUT2D eigenvalue weighted by atomic mass is 10.2. The largest absolute Gasteiger partial charge is 0.368 e. The van der Waals surface area contributed by atoms with Gasteiger partial charge >= 0.3 is 0 Å². The van der Waals surface area contributed by atoms with Crippen molar-refractivity contribution in [2.45, 2.75) is 0 Å². The van der Waals surface area contributed by atoms with E-state index >= 15 is 0 Å². The normalized spacial score (nSPS) is 14.5. The average molecular weight is 308 g/mol. The van der Waals surface area contributed by atoms with Gasteiger partial charge in [-0.1, -0.05) is 0 Å². The highest BCUT2D eigenvalue weighted by Gasteiger charge is 2.19. The Morgan fingerprint density at radius 2 is 1.65 bits per heavy atom. The van der Waals surface area contributed by atoms with Crippen LogP contribution < -0.4 is 14.7 Å². The number of aromatic nitrogens is 2. The lowest BCUT2D eigenvalue weighted by molar-refractivity contribution is 0.646. The Kier molecular flexibility index (Phi) is 4.29. The van der Waals surface area contributed by atoms with E-state index in [1.54, 1.807) is 6.33 Å². The van der Waals surface area contributed by atoms with Gasteiger partial charge in [-0.15, -0.1) is 0 Å². The van der Waals surface area contributed by atoms with Crippen molar-refractivity contribution in [2.75, 3.05) is 55.0 Å². The Balaban J connectivity index is 1.66.